The summed E-state index contributed by atoms with van der Waals surface area (Å²) in [4.78, 5) is 4.61. The van der Waals surface area contributed by atoms with Crippen LogP contribution in [0.25, 0.3) is 11.5 Å². The van der Waals surface area contributed by atoms with Gasteiger partial charge in [-0.2, -0.15) is 0 Å². The second kappa shape index (κ2) is 7.10. The largest absolute Gasteiger partial charge is 0.441 e. The van der Waals surface area contributed by atoms with Gasteiger partial charge in [0.05, 0.1) is 6.61 Å². The minimum atomic E-state index is 0.553. The minimum Gasteiger partial charge on any atom is -0.441 e. The van der Waals surface area contributed by atoms with Crippen molar-refractivity contribution in [1.82, 2.24) is 4.98 Å². The van der Waals surface area contributed by atoms with E-state index in [4.69, 9.17) is 9.15 Å². The van der Waals surface area contributed by atoms with E-state index in [1.807, 2.05) is 19.1 Å². The van der Waals surface area contributed by atoms with Crippen molar-refractivity contribution in [3.8, 4) is 11.5 Å². The highest BCUT2D eigenvalue weighted by Crippen LogP contribution is 2.25. The molecule has 3 heteroatoms. The Morgan fingerprint density at radius 2 is 2.00 bits per heavy atom. The van der Waals surface area contributed by atoms with Gasteiger partial charge in [-0.3, -0.25) is 0 Å². The third-order valence-corrected chi connectivity index (χ3v) is 4.47. The summed E-state index contributed by atoms with van der Waals surface area (Å²) in [7, 11) is 0. The van der Waals surface area contributed by atoms with Crippen molar-refractivity contribution >= 4 is 0 Å². The van der Waals surface area contributed by atoms with Crippen molar-refractivity contribution < 1.29 is 9.15 Å². The first-order valence-corrected chi connectivity index (χ1v) is 8.33. The smallest absolute Gasteiger partial charge is 0.226 e. The molecule has 118 valence electrons. The van der Waals surface area contributed by atoms with Gasteiger partial charge in [0.25, 0.3) is 0 Å². The van der Waals surface area contributed by atoms with Gasteiger partial charge >= 0.3 is 0 Å². The third kappa shape index (κ3) is 3.77. The molecule has 1 saturated carbocycles. The predicted molar refractivity (Wildman–Crippen MR) is 87.6 cm³/mol. The molecule has 0 aliphatic heterocycles. The summed E-state index contributed by atoms with van der Waals surface area (Å²) in [6, 6.07) is 8.24. The maximum atomic E-state index is 5.89. The summed E-state index contributed by atoms with van der Waals surface area (Å²) in [5.41, 5.74) is 3.16. The molecule has 1 aromatic carbocycles. The molecule has 3 rings (SSSR count). The van der Waals surface area contributed by atoms with Crippen LogP contribution in [0.15, 0.2) is 28.7 Å². The standard InChI is InChI=1S/C19H25NO2/c1-14-7-6-10-17(11-14)19-20-18(15(2)22-19)13-21-12-16-8-4-3-5-9-16/h6-7,10-11,16H,3-5,8-9,12-13H2,1-2H3. The number of nitrogens with zero attached hydrogens (tertiary/aromatic N) is 1. The fourth-order valence-corrected chi connectivity index (χ4v) is 3.14. The van der Waals surface area contributed by atoms with Crippen LogP contribution in [0.4, 0.5) is 0 Å². The van der Waals surface area contributed by atoms with Crippen LogP contribution in [0.5, 0.6) is 0 Å². The van der Waals surface area contributed by atoms with Gasteiger partial charge in [0, 0.05) is 12.2 Å². The molecule has 0 radical (unpaired) electrons. The SMILES string of the molecule is Cc1cccc(-c2nc(COCC3CCCCC3)c(C)o2)c1. The van der Waals surface area contributed by atoms with Crippen LogP contribution >= 0.6 is 0 Å². The first-order chi connectivity index (χ1) is 10.7. The number of rotatable bonds is 5. The zero-order valence-corrected chi connectivity index (χ0v) is 13.6. The molecule has 1 fully saturated rings. The van der Waals surface area contributed by atoms with Crippen LogP contribution in [0, 0.1) is 19.8 Å². The molecule has 0 bridgehead atoms. The number of aryl methyl sites for hydroxylation is 2. The maximum absolute atomic E-state index is 5.89. The number of hydrogen-bond acceptors (Lipinski definition) is 3. The first-order valence-electron chi connectivity index (χ1n) is 8.33. The van der Waals surface area contributed by atoms with Crippen molar-refractivity contribution in [2.24, 2.45) is 5.92 Å². The van der Waals surface area contributed by atoms with Gasteiger partial charge in [0.15, 0.2) is 0 Å². The van der Waals surface area contributed by atoms with Crippen LogP contribution in [0.3, 0.4) is 0 Å². The topological polar surface area (TPSA) is 35.3 Å². The van der Waals surface area contributed by atoms with Crippen LogP contribution in [-0.2, 0) is 11.3 Å². The van der Waals surface area contributed by atoms with Crippen LogP contribution < -0.4 is 0 Å². The minimum absolute atomic E-state index is 0.553. The highest BCUT2D eigenvalue weighted by Gasteiger charge is 2.15. The van der Waals surface area contributed by atoms with E-state index in [0.717, 1.165) is 29.5 Å². The van der Waals surface area contributed by atoms with E-state index in [1.54, 1.807) is 0 Å². The Morgan fingerprint density at radius 1 is 1.18 bits per heavy atom. The fourth-order valence-electron chi connectivity index (χ4n) is 3.14. The average molecular weight is 299 g/mol. The second-order valence-electron chi connectivity index (χ2n) is 6.41. The summed E-state index contributed by atoms with van der Waals surface area (Å²) in [6.45, 7) is 5.45. The maximum Gasteiger partial charge on any atom is 0.226 e. The van der Waals surface area contributed by atoms with E-state index < -0.39 is 0 Å². The molecule has 1 aliphatic carbocycles. The third-order valence-electron chi connectivity index (χ3n) is 4.47. The summed E-state index contributed by atoms with van der Waals surface area (Å²) in [5, 5.41) is 0. The lowest BCUT2D eigenvalue weighted by Gasteiger charge is -2.20. The molecule has 22 heavy (non-hydrogen) atoms. The Bertz CT molecular complexity index is 612. The molecule has 0 unspecified atom stereocenters. The Labute approximate surface area is 132 Å². The van der Waals surface area contributed by atoms with E-state index in [9.17, 15) is 0 Å². The van der Waals surface area contributed by atoms with Crippen LogP contribution in [0.1, 0.15) is 49.1 Å². The second-order valence-corrected chi connectivity index (χ2v) is 6.41. The van der Waals surface area contributed by atoms with Gasteiger partial charge in [0.1, 0.15) is 11.5 Å². The van der Waals surface area contributed by atoms with Gasteiger partial charge in [-0.15, -0.1) is 0 Å². The molecule has 0 N–H and O–H groups in total. The Morgan fingerprint density at radius 3 is 2.77 bits per heavy atom. The molecule has 2 aromatic rings. The number of ether oxygens (including phenoxy) is 1. The quantitative estimate of drug-likeness (QED) is 0.774. The Hall–Kier alpha value is -1.61. The normalized spacial score (nSPS) is 16.1. The highest BCUT2D eigenvalue weighted by atomic mass is 16.5. The Balaban J connectivity index is 1.60. The number of hydrogen-bond donors (Lipinski definition) is 0. The summed E-state index contributed by atoms with van der Waals surface area (Å²) < 4.78 is 11.7. The van der Waals surface area contributed by atoms with E-state index in [-0.39, 0.29) is 0 Å². The molecular weight excluding hydrogens is 274 g/mol. The number of benzene rings is 1. The fraction of sp³-hybridized carbons (Fsp3) is 0.526. The molecule has 1 aliphatic rings. The van der Waals surface area contributed by atoms with E-state index in [1.165, 1.54) is 37.7 Å². The van der Waals surface area contributed by atoms with Crippen molar-refractivity contribution in [3.63, 3.8) is 0 Å². The van der Waals surface area contributed by atoms with Gasteiger partial charge in [-0.1, -0.05) is 37.0 Å². The lowest BCUT2D eigenvalue weighted by Crippen LogP contribution is -2.13. The molecule has 0 spiro atoms. The predicted octanol–water partition coefficient (Wildman–Crippen LogP) is 5.06. The summed E-state index contributed by atoms with van der Waals surface area (Å²) in [6.07, 6.45) is 6.72. The van der Waals surface area contributed by atoms with Crippen LogP contribution in [0.2, 0.25) is 0 Å². The molecular formula is C19H25NO2. The highest BCUT2D eigenvalue weighted by molar-refractivity contribution is 5.54. The lowest BCUT2D eigenvalue weighted by atomic mass is 9.90. The summed E-state index contributed by atoms with van der Waals surface area (Å²) in [5.74, 6) is 2.29. The lowest BCUT2D eigenvalue weighted by molar-refractivity contribution is 0.0716. The number of aromatic nitrogens is 1. The van der Waals surface area contributed by atoms with Crippen molar-refractivity contribution in [3.05, 3.63) is 41.3 Å². The number of oxazole rings is 1. The average Bonchev–Trinajstić information content (AvgIpc) is 2.90. The van der Waals surface area contributed by atoms with E-state index >= 15 is 0 Å². The zero-order valence-electron chi connectivity index (χ0n) is 13.6. The van der Waals surface area contributed by atoms with Gasteiger partial charge in [-0.05, 0) is 44.7 Å². The Kier molecular flexibility index (Phi) is 4.94. The molecule has 0 saturated heterocycles. The zero-order chi connectivity index (χ0) is 15.4. The van der Waals surface area contributed by atoms with Gasteiger partial charge < -0.3 is 9.15 Å². The van der Waals surface area contributed by atoms with Crippen LogP contribution in [-0.4, -0.2) is 11.6 Å². The monoisotopic (exact) mass is 299 g/mol. The first kappa shape index (κ1) is 15.3. The molecule has 0 atom stereocenters. The van der Waals surface area contributed by atoms with Crippen molar-refractivity contribution in [2.75, 3.05) is 6.61 Å². The van der Waals surface area contributed by atoms with Crippen molar-refractivity contribution in [1.29, 1.82) is 0 Å². The molecule has 3 nitrogen and oxygen atoms in total. The molecule has 1 heterocycles. The van der Waals surface area contributed by atoms with Gasteiger partial charge in [0.2, 0.25) is 5.89 Å². The molecule has 0 amide bonds. The van der Waals surface area contributed by atoms with E-state index in [2.05, 4.69) is 24.0 Å². The summed E-state index contributed by atoms with van der Waals surface area (Å²) >= 11 is 0. The van der Waals surface area contributed by atoms with E-state index in [0.29, 0.717) is 12.5 Å². The van der Waals surface area contributed by atoms with Gasteiger partial charge in [-0.25, -0.2) is 4.98 Å². The van der Waals surface area contributed by atoms with Crippen molar-refractivity contribution in [2.45, 2.75) is 52.6 Å². The molecule has 1 aromatic heterocycles.